The van der Waals surface area contributed by atoms with Crippen molar-refractivity contribution in [2.45, 2.75) is 32.6 Å². The van der Waals surface area contributed by atoms with Crippen molar-refractivity contribution in [2.24, 2.45) is 11.8 Å². The van der Waals surface area contributed by atoms with Crippen molar-refractivity contribution in [2.75, 3.05) is 7.11 Å². The van der Waals surface area contributed by atoms with Gasteiger partial charge in [0.2, 0.25) is 0 Å². The van der Waals surface area contributed by atoms with Gasteiger partial charge in [0.1, 0.15) is 6.29 Å². The van der Waals surface area contributed by atoms with Crippen molar-refractivity contribution in [3.8, 4) is 0 Å². The predicted octanol–water partition coefficient (Wildman–Crippen LogP) is 2.11. The fourth-order valence-corrected chi connectivity index (χ4v) is 2.03. The fraction of sp³-hybridized carbons (Fsp3) is 0.667. The molecule has 1 rings (SSSR count). The van der Waals surface area contributed by atoms with Gasteiger partial charge in [0.15, 0.2) is 0 Å². The highest BCUT2D eigenvalue weighted by atomic mass is 16.5. The molecule has 0 aromatic carbocycles. The van der Waals surface area contributed by atoms with Crippen LogP contribution in [0, 0.1) is 11.8 Å². The van der Waals surface area contributed by atoms with Crippen LogP contribution in [0.5, 0.6) is 0 Å². The summed E-state index contributed by atoms with van der Waals surface area (Å²) in [5, 5.41) is 0. The number of carbonyl (C=O) groups excluding carboxylic acids is 2. The highest BCUT2D eigenvalue weighted by Gasteiger charge is 2.22. The molecule has 0 aromatic rings. The van der Waals surface area contributed by atoms with E-state index in [1.807, 2.05) is 6.08 Å². The molecule has 0 heterocycles. The van der Waals surface area contributed by atoms with Crippen LogP contribution < -0.4 is 0 Å². The first-order valence-corrected chi connectivity index (χ1v) is 5.40. The van der Waals surface area contributed by atoms with Crippen LogP contribution >= 0.6 is 0 Å². The lowest BCUT2D eigenvalue weighted by Crippen LogP contribution is -2.18. The van der Waals surface area contributed by atoms with E-state index in [0.717, 1.165) is 31.1 Å². The highest BCUT2D eigenvalue weighted by molar-refractivity contribution is 5.88. The van der Waals surface area contributed by atoms with Gasteiger partial charge in [-0.05, 0) is 31.1 Å². The molecule has 0 amide bonds. The average Bonchev–Trinajstić information content (AvgIpc) is 2.28. The molecule has 0 spiro atoms. The molecule has 0 N–H and O–H groups in total. The zero-order valence-corrected chi connectivity index (χ0v) is 9.36. The normalized spacial score (nSPS) is 22.8. The van der Waals surface area contributed by atoms with Crippen molar-refractivity contribution in [3.05, 3.63) is 11.6 Å². The van der Waals surface area contributed by atoms with Crippen LogP contribution in [-0.4, -0.2) is 19.4 Å². The summed E-state index contributed by atoms with van der Waals surface area (Å²) >= 11 is 0. The van der Waals surface area contributed by atoms with Crippen LogP contribution in [0.15, 0.2) is 11.6 Å². The second-order valence-corrected chi connectivity index (χ2v) is 4.14. The van der Waals surface area contributed by atoms with Crippen LogP contribution in [-0.2, 0) is 14.3 Å². The lowest BCUT2D eigenvalue weighted by Gasteiger charge is -2.25. The van der Waals surface area contributed by atoms with Gasteiger partial charge in [0.25, 0.3) is 0 Å². The van der Waals surface area contributed by atoms with Gasteiger partial charge in [-0.1, -0.05) is 13.0 Å². The number of hydrogen-bond donors (Lipinski definition) is 0. The maximum absolute atomic E-state index is 11.2. The summed E-state index contributed by atoms with van der Waals surface area (Å²) in [4.78, 5) is 21.6. The van der Waals surface area contributed by atoms with Crippen molar-refractivity contribution in [1.82, 2.24) is 0 Å². The summed E-state index contributed by atoms with van der Waals surface area (Å²) in [6.45, 7) is 2.09. The van der Waals surface area contributed by atoms with Gasteiger partial charge in [-0.25, -0.2) is 4.79 Å². The van der Waals surface area contributed by atoms with E-state index >= 15 is 0 Å². The molecule has 0 fully saturated rings. The molecule has 0 bridgehead atoms. The first kappa shape index (κ1) is 12.0. The molecule has 1 aliphatic rings. The molecule has 3 nitrogen and oxygen atoms in total. The topological polar surface area (TPSA) is 43.4 Å². The largest absolute Gasteiger partial charge is 0.466 e. The molecular weight excluding hydrogens is 192 g/mol. The Morgan fingerprint density at radius 1 is 1.73 bits per heavy atom. The third-order valence-electron chi connectivity index (χ3n) is 3.17. The Labute approximate surface area is 90.5 Å². The number of esters is 1. The number of rotatable bonds is 4. The Morgan fingerprint density at radius 3 is 2.93 bits per heavy atom. The molecule has 0 radical (unpaired) electrons. The maximum Gasteiger partial charge on any atom is 0.333 e. The highest BCUT2D eigenvalue weighted by Crippen LogP contribution is 2.30. The molecule has 15 heavy (non-hydrogen) atoms. The van der Waals surface area contributed by atoms with Crippen molar-refractivity contribution in [3.63, 3.8) is 0 Å². The summed E-state index contributed by atoms with van der Waals surface area (Å²) in [6, 6.07) is 0. The Bertz CT molecular complexity index is 268. The maximum atomic E-state index is 11.2. The van der Waals surface area contributed by atoms with Crippen LogP contribution in [0.3, 0.4) is 0 Å². The van der Waals surface area contributed by atoms with Gasteiger partial charge in [-0.3, -0.25) is 0 Å². The number of allylic oxidation sites excluding steroid dienone is 1. The quantitative estimate of drug-likeness (QED) is 0.527. The Hall–Kier alpha value is -1.12. The van der Waals surface area contributed by atoms with Gasteiger partial charge in [-0.15, -0.1) is 0 Å². The molecule has 0 saturated carbocycles. The van der Waals surface area contributed by atoms with Crippen molar-refractivity contribution < 1.29 is 14.3 Å². The van der Waals surface area contributed by atoms with Crippen LogP contribution in [0.1, 0.15) is 32.6 Å². The lowest BCUT2D eigenvalue weighted by atomic mass is 9.80. The van der Waals surface area contributed by atoms with E-state index in [9.17, 15) is 9.59 Å². The molecule has 0 unspecified atom stereocenters. The van der Waals surface area contributed by atoms with Gasteiger partial charge in [0.05, 0.1) is 7.11 Å². The molecule has 3 heteroatoms. The number of ether oxygens (including phenoxy) is 1. The molecule has 1 aliphatic carbocycles. The number of hydrogen-bond acceptors (Lipinski definition) is 3. The van der Waals surface area contributed by atoms with E-state index in [2.05, 4.69) is 11.7 Å². The third kappa shape index (κ3) is 3.18. The second kappa shape index (κ2) is 5.69. The van der Waals surface area contributed by atoms with Crippen LogP contribution in [0.25, 0.3) is 0 Å². The zero-order chi connectivity index (χ0) is 11.3. The molecular formula is C12H18O3. The fourth-order valence-electron chi connectivity index (χ4n) is 2.03. The predicted molar refractivity (Wildman–Crippen MR) is 57.3 cm³/mol. The molecule has 0 aliphatic heterocycles. The van der Waals surface area contributed by atoms with E-state index in [0.29, 0.717) is 18.3 Å². The Balaban J connectivity index is 2.50. The summed E-state index contributed by atoms with van der Waals surface area (Å²) in [5.74, 6) is 0.734. The molecule has 0 aromatic heterocycles. The van der Waals surface area contributed by atoms with E-state index in [-0.39, 0.29) is 5.97 Å². The van der Waals surface area contributed by atoms with Gasteiger partial charge < -0.3 is 9.53 Å². The minimum Gasteiger partial charge on any atom is -0.466 e. The standard InChI is InChI=1S/C12H18O3/c1-9(7-8-13)10-3-5-11(6-4-10)12(14)15-2/h5,8-10H,3-4,6-7H2,1-2H3/t9-,10+/m1/s1. The van der Waals surface area contributed by atoms with E-state index in [1.54, 1.807) is 0 Å². The van der Waals surface area contributed by atoms with E-state index < -0.39 is 0 Å². The molecule has 84 valence electrons. The van der Waals surface area contributed by atoms with Gasteiger partial charge in [0, 0.05) is 12.0 Å². The second-order valence-electron chi connectivity index (χ2n) is 4.14. The minimum atomic E-state index is -0.212. The van der Waals surface area contributed by atoms with Crippen LogP contribution in [0.2, 0.25) is 0 Å². The van der Waals surface area contributed by atoms with Crippen molar-refractivity contribution >= 4 is 12.3 Å². The number of aldehydes is 1. The lowest BCUT2D eigenvalue weighted by molar-refractivity contribution is -0.136. The first-order chi connectivity index (χ1) is 7.19. The monoisotopic (exact) mass is 210 g/mol. The first-order valence-electron chi connectivity index (χ1n) is 5.40. The minimum absolute atomic E-state index is 0.212. The number of methoxy groups -OCH3 is 1. The van der Waals surface area contributed by atoms with E-state index in [1.165, 1.54) is 7.11 Å². The smallest absolute Gasteiger partial charge is 0.333 e. The summed E-state index contributed by atoms with van der Waals surface area (Å²) < 4.78 is 4.67. The Morgan fingerprint density at radius 2 is 2.47 bits per heavy atom. The SMILES string of the molecule is COC(=O)C1=CC[C@H]([C@H](C)CC=O)CC1. The van der Waals surface area contributed by atoms with E-state index in [4.69, 9.17) is 0 Å². The van der Waals surface area contributed by atoms with Crippen molar-refractivity contribution in [1.29, 1.82) is 0 Å². The number of carbonyl (C=O) groups is 2. The summed E-state index contributed by atoms with van der Waals surface area (Å²) in [7, 11) is 1.41. The zero-order valence-electron chi connectivity index (χ0n) is 9.36. The summed E-state index contributed by atoms with van der Waals surface area (Å²) in [5.41, 5.74) is 0.784. The summed E-state index contributed by atoms with van der Waals surface area (Å²) in [6.07, 6.45) is 6.20. The molecule has 0 saturated heterocycles. The Kier molecular flexibility index (Phi) is 4.53. The average molecular weight is 210 g/mol. The molecule has 2 atom stereocenters. The third-order valence-corrected chi connectivity index (χ3v) is 3.17. The van der Waals surface area contributed by atoms with Gasteiger partial charge in [-0.2, -0.15) is 0 Å². The van der Waals surface area contributed by atoms with Crippen LogP contribution in [0.4, 0.5) is 0 Å². The van der Waals surface area contributed by atoms with Gasteiger partial charge >= 0.3 is 5.97 Å².